The number of likely N-dealkylation sites (N-methyl/N-ethyl adjacent to an activating group) is 1. The lowest BCUT2D eigenvalue weighted by Gasteiger charge is -2.28. The highest BCUT2D eigenvalue weighted by atomic mass is 79.9. The van der Waals surface area contributed by atoms with Crippen LogP contribution in [-0.2, 0) is 6.42 Å². The molecule has 2 N–H and O–H groups in total. The Morgan fingerprint density at radius 1 is 1.19 bits per heavy atom. The molecule has 2 aromatic rings. The van der Waals surface area contributed by atoms with Crippen molar-refractivity contribution in [2.24, 2.45) is 5.73 Å². The van der Waals surface area contributed by atoms with Crippen LogP contribution in [-0.4, -0.2) is 25.0 Å². The molecule has 0 spiro atoms. The fourth-order valence-corrected chi connectivity index (χ4v) is 3.22. The molecule has 2 aromatic carbocycles. The van der Waals surface area contributed by atoms with E-state index in [1.54, 1.807) is 0 Å². The van der Waals surface area contributed by atoms with Crippen molar-refractivity contribution in [1.29, 1.82) is 0 Å². The van der Waals surface area contributed by atoms with Crippen molar-refractivity contribution in [2.45, 2.75) is 12.5 Å². The molecular formula is C17H20BrClN2. The van der Waals surface area contributed by atoms with Gasteiger partial charge < -0.3 is 5.73 Å². The Kier molecular flexibility index (Phi) is 6.24. The molecule has 1 atom stereocenters. The number of nitrogens with two attached hydrogens (primary N) is 1. The topological polar surface area (TPSA) is 29.3 Å². The molecule has 0 fully saturated rings. The molecule has 0 aromatic heterocycles. The maximum absolute atomic E-state index is 6.35. The van der Waals surface area contributed by atoms with E-state index in [0.29, 0.717) is 6.54 Å². The Balaban J connectivity index is 2.06. The predicted octanol–water partition coefficient (Wildman–Crippen LogP) is 4.28. The van der Waals surface area contributed by atoms with Crippen LogP contribution in [0.25, 0.3) is 0 Å². The van der Waals surface area contributed by atoms with Crippen LogP contribution in [0.2, 0.25) is 5.02 Å². The largest absolute Gasteiger partial charge is 0.329 e. The summed E-state index contributed by atoms with van der Waals surface area (Å²) in [5.41, 5.74) is 8.39. The zero-order valence-corrected chi connectivity index (χ0v) is 14.4. The second-order valence-corrected chi connectivity index (χ2v) is 6.46. The van der Waals surface area contributed by atoms with Crippen LogP contribution in [0.1, 0.15) is 17.2 Å². The van der Waals surface area contributed by atoms with Gasteiger partial charge in [-0.3, -0.25) is 4.90 Å². The SMILES string of the molecule is CN(CCc1ccccc1)C(CN)c1ccc(Br)cc1Cl. The standard InChI is InChI=1S/C17H20BrClN2/c1-21(10-9-13-5-3-2-4-6-13)17(12-20)15-8-7-14(18)11-16(15)19/h2-8,11,17H,9-10,12,20H2,1H3. The minimum Gasteiger partial charge on any atom is -0.329 e. The zero-order valence-electron chi connectivity index (χ0n) is 12.1. The minimum atomic E-state index is 0.134. The molecule has 0 aliphatic rings. The summed E-state index contributed by atoms with van der Waals surface area (Å²) in [6.07, 6.45) is 1.00. The van der Waals surface area contributed by atoms with Crippen LogP contribution in [0.15, 0.2) is 53.0 Å². The third-order valence-electron chi connectivity index (χ3n) is 3.67. The highest BCUT2D eigenvalue weighted by molar-refractivity contribution is 9.10. The Labute approximate surface area is 140 Å². The van der Waals surface area contributed by atoms with E-state index >= 15 is 0 Å². The molecule has 0 radical (unpaired) electrons. The van der Waals surface area contributed by atoms with Gasteiger partial charge in [-0.05, 0) is 36.7 Å². The van der Waals surface area contributed by atoms with E-state index in [2.05, 4.69) is 52.1 Å². The smallest absolute Gasteiger partial charge is 0.0482 e. The molecule has 4 heteroatoms. The van der Waals surface area contributed by atoms with Crippen molar-refractivity contribution in [1.82, 2.24) is 4.90 Å². The lowest BCUT2D eigenvalue weighted by atomic mass is 10.0. The van der Waals surface area contributed by atoms with E-state index in [0.717, 1.165) is 28.0 Å². The lowest BCUT2D eigenvalue weighted by Crippen LogP contribution is -2.32. The average Bonchev–Trinajstić information content (AvgIpc) is 2.49. The predicted molar refractivity (Wildman–Crippen MR) is 93.7 cm³/mol. The molecule has 0 saturated carbocycles. The summed E-state index contributed by atoms with van der Waals surface area (Å²) < 4.78 is 0.985. The first-order valence-corrected chi connectivity index (χ1v) is 8.18. The first-order chi connectivity index (χ1) is 10.1. The summed E-state index contributed by atoms with van der Waals surface area (Å²) >= 11 is 9.79. The van der Waals surface area contributed by atoms with Crippen LogP contribution in [0, 0.1) is 0 Å². The zero-order chi connectivity index (χ0) is 15.2. The Hall–Kier alpha value is -0.870. The van der Waals surface area contributed by atoms with E-state index in [9.17, 15) is 0 Å². The second-order valence-electron chi connectivity index (χ2n) is 5.13. The molecule has 2 nitrogen and oxygen atoms in total. The molecule has 2 rings (SSSR count). The lowest BCUT2D eigenvalue weighted by molar-refractivity contribution is 0.253. The molecule has 0 amide bonds. The van der Waals surface area contributed by atoms with Crippen LogP contribution >= 0.6 is 27.5 Å². The molecule has 0 aliphatic heterocycles. The molecule has 1 unspecified atom stereocenters. The van der Waals surface area contributed by atoms with E-state index in [1.165, 1.54) is 5.56 Å². The fraction of sp³-hybridized carbons (Fsp3) is 0.294. The van der Waals surface area contributed by atoms with Crippen molar-refractivity contribution in [3.8, 4) is 0 Å². The quantitative estimate of drug-likeness (QED) is 0.826. The molecule has 112 valence electrons. The summed E-state index contributed by atoms with van der Waals surface area (Å²) in [6.45, 7) is 1.49. The summed E-state index contributed by atoms with van der Waals surface area (Å²) in [7, 11) is 2.10. The highest BCUT2D eigenvalue weighted by Crippen LogP contribution is 2.29. The summed E-state index contributed by atoms with van der Waals surface area (Å²) in [5.74, 6) is 0. The van der Waals surface area contributed by atoms with Crippen molar-refractivity contribution in [2.75, 3.05) is 20.1 Å². The minimum absolute atomic E-state index is 0.134. The van der Waals surface area contributed by atoms with E-state index in [4.69, 9.17) is 17.3 Å². The van der Waals surface area contributed by atoms with Gasteiger partial charge in [0.25, 0.3) is 0 Å². The third kappa shape index (κ3) is 4.55. The van der Waals surface area contributed by atoms with Crippen LogP contribution in [0.5, 0.6) is 0 Å². The molecule has 0 bridgehead atoms. The summed E-state index contributed by atoms with van der Waals surface area (Å²) in [5, 5.41) is 0.756. The molecule has 21 heavy (non-hydrogen) atoms. The van der Waals surface area contributed by atoms with Gasteiger partial charge in [-0.15, -0.1) is 0 Å². The van der Waals surface area contributed by atoms with Crippen molar-refractivity contribution in [3.05, 3.63) is 69.2 Å². The van der Waals surface area contributed by atoms with Gasteiger partial charge in [0, 0.05) is 28.6 Å². The molecule has 0 heterocycles. The van der Waals surface area contributed by atoms with Crippen LogP contribution in [0.4, 0.5) is 0 Å². The molecular weight excluding hydrogens is 348 g/mol. The van der Waals surface area contributed by atoms with Crippen LogP contribution < -0.4 is 5.73 Å². The van der Waals surface area contributed by atoms with Gasteiger partial charge in [-0.25, -0.2) is 0 Å². The number of benzene rings is 2. The maximum atomic E-state index is 6.35. The van der Waals surface area contributed by atoms with Gasteiger partial charge in [0.1, 0.15) is 0 Å². The van der Waals surface area contributed by atoms with Crippen LogP contribution in [0.3, 0.4) is 0 Å². The van der Waals surface area contributed by atoms with E-state index < -0.39 is 0 Å². The Morgan fingerprint density at radius 2 is 1.90 bits per heavy atom. The first-order valence-electron chi connectivity index (χ1n) is 7.01. The fourth-order valence-electron chi connectivity index (χ4n) is 2.42. The third-order valence-corrected chi connectivity index (χ3v) is 4.49. The normalized spacial score (nSPS) is 12.6. The molecule has 0 saturated heterocycles. The first kappa shape index (κ1) is 16.5. The van der Waals surface area contributed by atoms with Gasteiger partial charge >= 0.3 is 0 Å². The van der Waals surface area contributed by atoms with Crippen molar-refractivity contribution >= 4 is 27.5 Å². The van der Waals surface area contributed by atoms with Gasteiger partial charge in [0.2, 0.25) is 0 Å². The number of rotatable bonds is 6. The number of hydrogen-bond acceptors (Lipinski definition) is 2. The average molecular weight is 368 g/mol. The van der Waals surface area contributed by atoms with Crippen molar-refractivity contribution in [3.63, 3.8) is 0 Å². The van der Waals surface area contributed by atoms with Gasteiger partial charge in [-0.2, -0.15) is 0 Å². The Bertz CT molecular complexity index is 574. The van der Waals surface area contributed by atoms with E-state index in [-0.39, 0.29) is 6.04 Å². The monoisotopic (exact) mass is 366 g/mol. The number of halogens is 2. The molecule has 0 aliphatic carbocycles. The Morgan fingerprint density at radius 3 is 2.52 bits per heavy atom. The highest BCUT2D eigenvalue weighted by Gasteiger charge is 2.18. The number of nitrogens with zero attached hydrogens (tertiary/aromatic N) is 1. The second kappa shape index (κ2) is 7.95. The summed E-state index contributed by atoms with van der Waals surface area (Å²) in [6, 6.07) is 16.6. The maximum Gasteiger partial charge on any atom is 0.0482 e. The van der Waals surface area contributed by atoms with Gasteiger partial charge in [-0.1, -0.05) is 63.9 Å². The number of hydrogen-bond donors (Lipinski definition) is 1. The van der Waals surface area contributed by atoms with Gasteiger partial charge in [0.15, 0.2) is 0 Å². The summed E-state index contributed by atoms with van der Waals surface area (Å²) in [4.78, 5) is 2.27. The van der Waals surface area contributed by atoms with Crippen molar-refractivity contribution < 1.29 is 0 Å². The van der Waals surface area contributed by atoms with E-state index in [1.807, 2.05) is 24.3 Å². The van der Waals surface area contributed by atoms with Gasteiger partial charge in [0.05, 0.1) is 0 Å².